The Morgan fingerprint density at radius 3 is 2.31 bits per heavy atom. The van der Waals surface area contributed by atoms with Gasteiger partial charge in [0.25, 0.3) is 0 Å². The summed E-state index contributed by atoms with van der Waals surface area (Å²) in [5.41, 5.74) is 0.960. The first-order chi connectivity index (χ1) is 15.7. The van der Waals surface area contributed by atoms with Crippen LogP contribution in [0.4, 0.5) is 10.6 Å². The Hall–Kier alpha value is -2.50. The van der Waals surface area contributed by atoms with Crippen LogP contribution in [0.1, 0.15) is 64.2 Å². The first kappa shape index (κ1) is 20.1. The van der Waals surface area contributed by atoms with E-state index in [0.29, 0.717) is 23.6 Å². The number of aromatic nitrogens is 2. The molecule has 6 nitrogen and oxygen atoms in total. The number of benzene rings is 1. The predicted octanol–water partition coefficient (Wildman–Crippen LogP) is 5.53. The van der Waals surface area contributed by atoms with Crippen molar-refractivity contribution in [3.63, 3.8) is 0 Å². The van der Waals surface area contributed by atoms with E-state index in [1.807, 2.05) is 35.0 Å². The lowest BCUT2D eigenvalue weighted by Gasteiger charge is -2.54. The van der Waals surface area contributed by atoms with Gasteiger partial charge in [-0.2, -0.15) is 5.10 Å². The van der Waals surface area contributed by atoms with Crippen LogP contribution in [-0.4, -0.2) is 28.0 Å². The number of rotatable bonds is 5. The van der Waals surface area contributed by atoms with Gasteiger partial charge in [0.1, 0.15) is 0 Å². The fraction of sp³-hybridized carbons (Fsp3) is 0.615. The Kier molecular flexibility index (Phi) is 5.32. The molecule has 5 fully saturated rings. The highest BCUT2D eigenvalue weighted by Crippen LogP contribution is 2.53. The fourth-order valence-corrected chi connectivity index (χ4v) is 7.17. The molecule has 2 N–H and O–H groups in total. The number of carbonyl (C=O) groups excluding carboxylic acids is 1. The third-order valence-electron chi connectivity index (χ3n) is 8.40. The molecule has 7 rings (SSSR count). The van der Waals surface area contributed by atoms with Gasteiger partial charge in [0.15, 0.2) is 11.6 Å². The van der Waals surface area contributed by atoms with Crippen LogP contribution < -0.4 is 15.4 Å². The second kappa shape index (κ2) is 8.45. The predicted molar refractivity (Wildman–Crippen MR) is 124 cm³/mol. The third-order valence-corrected chi connectivity index (χ3v) is 8.40. The van der Waals surface area contributed by atoms with Crippen LogP contribution in [-0.2, 0) is 0 Å². The van der Waals surface area contributed by atoms with Crippen molar-refractivity contribution >= 4 is 11.9 Å². The Morgan fingerprint density at radius 2 is 1.62 bits per heavy atom. The molecular formula is C26H34N4O2. The normalized spacial score (nSPS) is 31.4. The van der Waals surface area contributed by atoms with Crippen LogP contribution in [0, 0.1) is 23.7 Å². The Bertz CT molecular complexity index is 922. The van der Waals surface area contributed by atoms with Crippen molar-refractivity contribution in [2.75, 3.05) is 5.32 Å². The van der Waals surface area contributed by atoms with Gasteiger partial charge in [-0.1, -0.05) is 37.5 Å². The number of amides is 1. The zero-order valence-corrected chi connectivity index (χ0v) is 18.7. The third kappa shape index (κ3) is 3.89. The van der Waals surface area contributed by atoms with Crippen LogP contribution in [0.2, 0.25) is 0 Å². The number of ether oxygens (including phenoxy) is 1. The van der Waals surface area contributed by atoms with E-state index in [4.69, 9.17) is 4.74 Å². The van der Waals surface area contributed by atoms with E-state index in [0.717, 1.165) is 36.2 Å². The monoisotopic (exact) mass is 434 g/mol. The Morgan fingerprint density at radius 1 is 0.938 bits per heavy atom. The van der Waals surface area contributed by atoms with Gasteiger partial charge >= 0.3 is 6.09 Å². The second-order valence-electron chi connectivity index (χ2n) is 10.6. The highest BCUT2D eigenvalue weighted by molar-refractivity contribution is 5.73. The maximum Gasteiger partial charge on any atom is 0.413 e. The summed E-state index contributed by atoms with van der Waals surface area (Å²) in [5, 5.41) is 11.5. The molecule has 5 aliphatic carbocycles. The molecule has 170 valence electrons. The lowest BCUT2D eigenvalue weighted by atomic mass is 9.54. The molecule has 1 aromatic carbocycles. The molecule has 32 heavy (non-hydrogen) atoms. The molecule has 6 heteroatoms. The number of anilines is 1. The maximum atomic E-state index is 13.0. The van der Waals surface area contributed by atoms with Crippen LogP contribution in [0.3, 0.4) is 0 Å². The smallest absolute Gasteiger partial charge is 0.405 e. The molecule has 0 unspecified atom stereocenters. The fourth-order valence-electron chi connectivity index (χ4n) is 7.17. The van der Waals surface area contributed by atoms with E-state index in [-0.39, 0.29) is 12.1 Å². The zero-order chi connectivity index (χ0) is 21.5. The van der Waals surface area contributed by atoms with Crippen LogP contribution in [0.5, 0.6) is 5.75 Å². The van der Waals surface area contributed by atoms with Gasteiger partial charge in [0, 0.05) is 12.1 Å². The minimum absolute atomic E-state index is 0.272. The molecule has 1 aromatic heterocycles. The van der Waals surface area contributed by atoms with Gasteiger partial charge in [-0.05, 0) is 80.8 Å². The average molecular weight is 435 g/mol. The van der Waals surface area contributed by atoms with E-state index in [1.165, 1.54) is 51.4 Å². The summed E-state index contributed by atoms with van der Waals surface area (Å²) < 4.78 is 7.76. The molecule has 0 radical (unpaired) electrons. The summed E-state index contributed by atoms with van der Waals surface area (Å²) in [6, 6.07) is 10.7. The van der Waals surface area contributed by atoms with Crippen molar-refractivity contribution in [1.29, 1.82) is 0 Å². The molecule has 1 amide bonds. The maximum absolute atomic E-state index is 13.0. The van der Waals surface area contributed by atoms with Gasteiger partial charge in [-0.25, -0.2) is 9.48 Å². The quantitative estimate of drug-likeness (QED) is 0.649. The van der Waals surface area contributed by atoms with Gasteiger partial charge in [-0.3, -0.25) is 0 Å². The van der Waals surface area contributed by atoms with E-state index in [1.54, 1.807) is 6.20 Å². The lowest BCUT2D eigenvalue weighted by molar-refractivity contribution is -0.0114. The molecule has 5 aliphatic rings. The number of hydrogen-bond acceptors (Lipinski definition) is 4. The van der Waals surface area contributed by atoms with Crippen molar-refractivity contribution in [2.24, 2.45) is 23.7 Å². The Balaban J connectivity index is 1.20. The molecular weight excluding hydrogens is 400 g/mol. The number of carbonyl (C=O) groups is 1. The first-order valence-corrected chi connectivity index (χ1v) is 12.6. The summed E-state index contributed by atoms with van der Waals surface area (Å²) in [4.78, 5) is 13.0. The van der Waals surface area contributed by atoms with E-state index < -0.39 is 0 Å². The van der Waals surface area contributed by atoms with Crippen molar-refractivity contribution in [2.45, 2.75) is 76.3 Å². The molecule has 0 spiro atoms. The van der Waals surface area contributed by atoms with Crippen molar-refractivity contribution in [3.8, 4) is 11.4 Å². The standard InChI is InChI=1S/C26H34N4O2/c31-26(29-24-19-12-17-11-18(14-19)15-20(24)13-17)32-23-16-27-30(22-9-5-2-6-10-22)25(23)28-21-7-3-1-4-8-21/h2,5-6,9-10,16-21,24,28H,1,3-4,7-8,11-15H2,(H,29,31). The SMILES string of the molecule is O=C(NC1C2CC3CC(C2)CC1C3)Oc1cnn(-c2ccccc2)c1NC1CCCCC1. The molecule has 4 bridgehead atoms. The summed E-state index contributed by atoms with van der Waals surface area (Å²) >= 11 is 0. The number of nitrogens with one attached hydrogen (secondary N) is 2. The molecule has 5 saturated carbocycles. The highest BCUT2D eigenvalue weighted by Gasteiger charge is 2.48. The average Bonchev–Trinajstić information content (AvgIpc) is 3.19. The van der Waals surface area contributed by atoms with E-state index in [9.17, 15) is 4.79 Å². The minimum Gasteiger partial charge on any atom is -0.405 e. The van der Waals surface area contributed by atoms with E-state index >= 15 is 0 Å². The van der Waals surface area contributed by atoms with E-state index in [2.05, 4.69) is 15.7 Å². The number of hydrogen-bond donors (Lipinski definition) is 2. The van der Waals surface area contributed by atoms with Crippen LogP contribution >= 0.6 is 0 Å². The second-order valence-corrected chi connectivity index (χ2v) is 10.6. The van der Waals surface area contributed by atoms with Gasteiger partial charge in [-0.15, -0.1) is 0 Å². The highest BCUT2D eigenvalue weighted by atomic mass is 16.6. The van der Waals surface area contributed by atoms with Crippen molar-refractivity contribution in [3.05, 3.63) is 36.5 Å². The summed E-state index contributed by atoms with van der Waals surface area (Å²) in [7, 11) is 0. The minimum atomic E-state index is -0.332. The van der Waals surface area contributed by atoms with Gasteiger partial charge in [0.2, 0.25) is 0 Å². The largest absolute Gasteiger partial charge is 0.413 e. The molecule has 0 atom stereocenters. The summed E-state index contributed by atoms with van der Waals surface area (Å²) in [6.07, 6.45) is 13.9. The Labute approximate surface area is 190 Å². The lowest BCUT2D eigenvalue weighted by Crippen LogP contribution is -2.56. The van der Waals surface area contributed by atoms with Crippen LogP contribution in [0.15, 0.2) is 36.5 Å². The van der Waals surface area contributed by atoms with Gasteiger partial charge in [0.05, 0.1) is 11.9 Å². The van der Waals surface area contributed by atoms with Gasteiger partial charge < -0.3 is 15.4 Å². The zero-order valence-electron chi connectivity index (χ0n) is 18.7. The number of para-hydroxylation sites is 1. The molecule has 1 heterocycles. The molecule has 2 aromatic rings. The summed E-state index contributed by atoms with van der Waals surface area (Å²) in [6.45, 7) is 0. The van der Waals surface area contributed by atoms with Crippen molar-refractivity contribution < 1.29 is 9.53 Å². The number of nitrogens with zero attached hydrogens (tertiary/aromatic N) is 2. The van der Waals surface area contributed by atoms with Crippen molar-refractivity contribution in [1.82, 2.24) is 15.1 Å². The summed E-state index contributed by atoms with van der Waals surface area (Å²) in [5.74, 6) is 4.34. The molecule has 0 saturated heterocycles. The van der Waals surface area contributed by atoms with Crippen LogP contribution in [0.25, 0.3) is 5.69 Å². The first-order valence-electron chi connectivity index (χ1n) is 12.6. The molecule has 0 aliphatic heterocycles. The topological polar surface area (TPSA) is 68.2 Å².